The fourth-order valence-electron chi connectivity index (χ4n) is 4.17. The molecule has 0 spiro atoms. The van der Waals surface area contributed by atoms with Gasteiger partial charge in [0, 0.05) is 30.0 Å². The van der Waals surface area contributed by atoms with Crippen molar-refractivity contribution in [2.75, 3.05) is 5.32 Å². The van der Waals surface area contributed by atoms with E-state index < -0.39 is 0 Å². The van der Waals surface area contributed by atoms with Crippen molar-refractivity contribution in [3.8, 4) is 11.3 Å². The van der Waals surface area contributed by atoms with Crippen LogP contribution in [0.5, 0.6) is 0 Å². The number of aryl methyl sites for hydroxylation is 1. The molecule has 1 fully saturated rings. The van der Waals surface area contributed by atoms with Crippen LogP contribution in [0.1, 0.15) is 42.5 Å². The van der Waals surface area contributed by atoms with Gasteiger partial charge in [0.25, 0.3) is 0 Å². The zero-order valence-corrected chi connectivity index (χ0v) is 17.4. The average molecular weight is 405 g/mol. The second kappa shape index (κ2) is 9.35. The first-order valence-electron chi connectivity index (χ1n) is 10.7. The predicted octanol–water partition coefficient (Wildman–Crippen LogP) is 5.26. The van der Waals surface area contributed by atoms with Gasteiger partial charge in [-0.3, -0.25) is 4.98 Å². The third-order valence-corrected chi connectivity index (χ3v) is 5.94. The first-order chi connectivity index (χ1) is 14.6. The standard InChI is InChI=1S/C25H29FN4/c1-17-15-28-22(13-18-8-10-21(27)11-9-18)14-23(17)24-6-3-7-25(30-24)29-16-19-4-2-5-20(26)12-19/h2-7,12,14-15,18,21H,8-11,13,16,27H2,1H3,(H,29,30). The summed E-state index contributed by atoms with van der Waals surface area (Å²) in [6.07, 6.45) is 7.55. The molecule has 1 aromatic carbocycles. The molecular weight excluding hydrogens is 375 g/mol. The van der Waals surface area contributed by atoms with E-state index in [0.29, 0.717) is 18.5 Å². The van der Waals surface area contributed by atoms with Gasteiger partial charge in [0.05, 0.1) is 5.69 Å². The van der Waals surface area contributed by atoms with Crippen molar-refractivity contribution >= 4 is 5.82 Å². The highest BCUT2D eigenvalue weighted by atomic mass is 19.1. The van der Waals surface area contributed by atoms with E-state index in [2.05, 4.69) is 23.3 Å². The maximum absolute atomic E-state index is 13.4. The van der Waals surface area contributed by atoms with E-state index in [0.717, 1.165) is 53.2 Å². The largest absolute Gasteiger partial charge is 0.366 e. The van der Waals surface area contributed by atoms with Crippen LogP contribution in [-0.4, -0.2) is 16.0 Å². The summed E-state index contributed by atoms with van der Waals surface area (Å²) >= 11 is 0. The van der Waals surface area contributed by atoms with Gasteiger partial charge >= 0.3 is 0 Å². The molecule has 1 aliphatic carbocycles. The monoisotopic (exact) mass is 404 g/mol. The first-order valence-corrected chi connectivity index (χ1v) is 10.7. The molecule has 0 bridgehead atoms. The highest BCUT2D eigenvalue weighted by Gasteiger charge is 2.19. The molecule has 4 rings (SSSR count). The number of nitrogens with one attached hydrogen (secondary N) is 1. The molecule has 30 heavy (non-hydrogen) atoms. The molecule has 0 amide bonds. The van der Waals surface area contributed by atoms with Gasteiger partial charge in [0.15, 0.2) is 0 Å². The summed E-state index contributed by atoms with van der Waals surface area (Å²) in [6.45, 7) is 2.60. The molecule has 3 N–H and O–H groups in total. The lowest BCUT2D eigenvalue weighted by Crippen LogP contribution is -2.27. The van der Waals surface area contributed by atoms with Crippen LogP contribution in [0.15, 0.2) is 54.7 Å². The van der Waals surface area contributed by atoms with Crippen LogP contribution < -0.4 is 11.1 Å². The number of rotatable bonds is 6. The molecule has 4 nitrogen and oxygen atoms in total. The minimum atomic E-state index is -0.226. The summed E-state index contributed by atoms with van der Waals surface area (Å²) in [4.78, 5) is 9.46. The minimum Gasteiger partial charge on any atom is -0.366 e. The van der Waals surface area contributed by atoms with E-state index in [4.69, 9.17) is 10.7 Å². The highest BCUT2D eigenvalue weighted by Crippen LogP contribution is 2.28. The molecule has 0 aliphatic heterocycles. The van der Waals surface area contributed by atoms with Gasteiger partial charge in [-0.15, -0.1) is 0 Å². The maximum Gasteiger partial charge on any atom is 0.126 e. The van der Waals surface area contributed by atoms with Gasteiger partial charge in [-0.1, -0.05) is 18.2 Å². The van der Waals surface area contributed by atoms with Gasteiger partial charge in [-0.25, -0.2) is 9.37 Å². The Kier molecular flexibility index (Phi) is 6.38. The smallest absolute Gasteiger partial charge is 0.126 e. The SMILES string of the molecule is Cc1cnc(CC2CCC(N)CC2)cc1-c1cccc(NCc2cccc(F)c2)n1. The van der Waals surface area contributed by atoms with Crippen LogP contribution in [0.2, 0.25) is 0 Å². The number of benzene rings is 1. The van der Waals surface area contributed by atoms with Crippen LogP contribution in [-0.2, 0) is 13.0 Å². The van der Waals surface area contributed by atoms with E-state index in [9.17, 15) is 4.39 Å². The number of aromatic nitrogens is 2. The number of halogens is 1. The Morgan fingerprint density at radius 3 is 2.67 bits per heavy atom. The number of pyridine rings is 2. The lowest BCUT2D eigenvalue weighted by Gasteiger charge is -2.25. The van der Waals surface area contributed by atoms with Crippen molar-refractivity contribution in [2.24, 2.45) is 11.7 Å². The number of nitrogens with two attached hydrogens (primary N) is 1. The van der Waals surface area contributed by atoms with Crippen molar-refractivity contribution in [3.63, 3.8) is 0 Å². The van der Waals surface area contributed by atoms with Gasteiger partial charge in [0.1, 0.15) is 11.6 Å². The summed E-state index contributed by atoms with van der Waals surface area (Å²) in [5.41, 5.74) is 11.2. The maximum atomic E-state index is 13.4. The molecule has 0 unspecified atom stereocenters. The summed E-state index contributed by atoms with van der Waals surface area (Å²) in [5.74, 6) is 1.21. The van der Waals surface area contributed by atoms with Gasteiger partial charge in [-0.2, -0.15) is 0 Å². The highest BCUT2D eigenvalue weighted by molar-refractivity contribution is 5.65. The van der Waals surface area contributed by atoms with Crippen molar-refractivity contribution < 1.29 is 4.39 Å². The Labute approximate surface area is 177 Å². The predicted molar refractivity (Wildman–Crippen MR) is 120 cm³/mol. The van der Waals surface area contributed by atoms with E-state index in [1.165, 1.54) is 25.0 Å². The molecule has 5 heteroatoms. The molecule has 156 valence electrons. The number of hydrogen-bond acceptors (Lipinski definition) is 4. The molecule has 1 saturated carbocycles. The lowest BCUT2D eigenvalue weighted by molar-refractivity contribution is 0.323. The molecule has 2 aromatic heterocycles. The van der Waals surface area contributed by atoms with Crippen LogP contribution in [0.3, 0.4) is 0 Å². The third-order valence-electron chi connectivity index (χ3n) is 5.94. The summed E-state index contributed by atoms with van der Waals surface area (Å²) < 4.78 is 13.4. The fourth-order valence-corrected chi connectivity index (χ4v) is 4.17. The van der Waals surface area contributed by atoms with Gasteiger partial charge in [0.2, 0.25) is 0 Å². The molecule has 0 atom stereocenters. The Hall–Kier alpha value is -2.79. The third kappa shape index (κ3) is 5.22. The molecule has 2 heterocycles. The van der Waals surface area contributed by atoms with Crippen molar-refractivity contribution in [3.05, 3.63) is 77.4 Å². The Balaban J connectivity index is 1.48. The van der Waals surface area contributed by atoms with E-state index >= 15 is 0 Å². The Morgan fingerprint density at radius 2 is 1.87 bits per heavy atom. The zero-order chi connectivity index (χ0) is 20.9. The van der Waals surface area contributed by atoms with Gasteiger partial charge in [-0.05, 0) is 86.4 Å². The number of nitrogens with zero attached hydrogens (tertiary/aromatic N) is 2. The summed E-state index contributed by atoms with van der Waals surface area (Å²) in [5, 5.41) is 3.30. The van der Waals surface area contributed by atoms with E-state index in [1.807, 2.05) is 30.5 Å². The second-order valence-electron chi connectivity index (χ2n) is 8.37. The quantitative estimate of drug-likeness (QED) is 0.588. The van der Waals surface area contributed by atoms with Crippen molar-refractivity contribution in [2.45, 2.75) is 51.6 Å². The second-order valence-corrected chi connectivity index (χ2v) is 8.37. The molecule has 0 radical (unpaired) electrons. The van der Waals surface area contributed by atoms with Crippen LogP contribution in [0.4, 0.5) is 10.2 Å². The van der Waals surface area contributed by atoms with Crippen molar-refractivity contribution in [1.29, 1.82) is 0 Å². The van der Waals surface area contributed by atoms with Crippen LogP contribution in [0.25, 0.3) is 11.3 Å². The van der Waals surface area contributed by atoms with E-state index in [-0.39, 0.29) is 5.82 Å². The average Bonchev–Trinajstić information content (AvgIpc) is 2.75. The van der Waals surface area contributed by atoms with E-state index in [1.54, 1.807) is 6.07 Å². The topological polar surface area (TPSA) is 63.8 Å². The molecule has 1 aliphatic rings. The Morgan fingerprint density at radius 1 is 1.07 bits per heavy atom. The van der Waals surface area contributed by atoms with Crippen LogP contribution >= 0.6 is 0 Å². The normalized spacial score (nSPS) is 18.9. The summed E-state index contributed by atoms with van der Waals surface area (Å²) in [6, 6.07) is 15.1. The zero-order valence-electron chi connectivity index (χ0n) is 17.4. The van der Waals surface area contributed by atoms with Crippen LogP contribution in [0, 0.1) is 18.7 Å². The molecule has 0 saturated heterocycles. The Bertz CT molecular complexity index is 996. The molecule has 3 aromatic rings. The fraction of sp³-hybridized carbons (Fsp3) is 0.360. The number of anilines is 1. The number of hydrogen-bond donors (Lipinski definition) is 2. The summed E-state index contributed by atoms with van der Waals surface area (Å²) in [7, 11) is 0. The molecular formula is C25H29FN4. The minimum absolute atomic E-state index is 0.226. The van der Waals surface area contributed by atoms with Crippen molar-refractivity contribution in [1.82, 2.24) is 9.97 Å². The lowest BCUT2D eigenvalue weighted by atomic mass is 9.83. The first kappa shape index (κ1) is 20.5. The van der Waals surface area contributed by atoms with Gasteiger partial charge < -0.3 is 11.1 Å².